The van der Waals surface area contributed by atoms with Gasteiger partial charge in [0.1, 0.15) is 5.82 Å². The van der Waals surface area contributed by atoms with Crippen molar-refractivity contribution >= 4 is 23.3 Å². The molecule has 1 aromatic heterocycles. The van der Waals surface area contributed by atoms with Crippen LogP contribution in [0.15, 0.2) is 36.5 Å². The van der Waals surface area contributed by atoms with Gasteiger partial charge >= 0.3 is 0 Å². The first-order chi connectivity index (χ1) is 15.0. The van der Waals surface area contributed by atoms with Crippen LogP contribution in [0.4, 0.5) is 11.5 Å². The van der Waals surface area contributed by atoms with Crippen LogP contribution in [-0.2, 0) is 4.79 Å². The van der Waals surface area contributed by atoms with Crippen LogP contribution in [-0.4, -0.2) is 47.4 Å². The van der Waals surface area contributed by atoms with Gasteiger partial charge in [0.05, 0.1) is 5.56 Å². The summed E-state index contributed by atoms with van der Waals surface area (Å²) in [4.78, 5) is 34.2. The van der Waals surface area contributed by atoms with Gasteiger partial charge in [-0.15, -0.1) is 0 Å². The number of anilines is 2. The van der Waals surface area contributed by atoms with Gasteiger partial charge in [0.2, 0.25) is 5.91 Å². The number of hydrogen-bond acceptors (Lipinski definition) is 4. The summed E-state index contributed by atoms with van der Waals surface area (Å²) >= 11 is 0. The highest BCUT2D eigenvalue weighted by molar-refractivity contribution is 6.04. The predicted molar refractivity (Wildman–Crippen MR) is 121 cm³/mol. The van der Waals surface area contributed by atoms with Crippen molar-refractivity contribution < 1.29 is 9.59 Å². The van der Waals surface area contributed by atoms with E-state index in [1.54, 1.807) is 6.20 Å². The third kappa shape index (κ3) is 3.91. The number of pyridine rings is 1. The fraction of sp³-hybridized carbons (Fsp3) is 0.480. The van der Waals surface area contributed by atoms with Crippen LogP contribution in [0, 0.1) is 25.7 Å². The van der Waals surface area contributed by atoms with E-state index in [1.807, 2.05) is 38.1 Å². The molecule has 0 unspecified atom stereocenters. The number of benzene rings is 1. The van der Waals surface area contributed by atoms with Crippen molar-refractivity contribution in [2.75, 3.05) is 29.9 Å². The third-order valence-electron chi connectivity index (χ3n) is 7.14. The number of amides is 2. The minimum Gasteiger partial charge on any atom is -0.356 e. The van der Waals surface area contributed by atoms with Gasteiger partial charge in [0, 0.05) is 44.0 Å². The molecule has 6 nitrogen and oxygen atoms in total. The summed E-state index contributed by atoms with van der Waals surface area (Å²) in [5, 5.41) is 2.99. The lowest BCUT2D eigenvalue weighted by Crippen LogP contribution is -2.60. The van der Waals surface area contributed by atoms with Crippen LogP contribution < -0.4 is 10.2 Å². The highest BCUT2D eigenvalue weighted by atomic mass is 16.2. The fourth-order valence-corrected chi connectivity index (χ4v) is 5.65. The van der Waals surface area contributed by atoms with Crippen LogP contribution in [0.1, 0.15) is 47.2 Å². The maximum atomic E-state index is 12.7. The number of piperidine rings is 3. The number of carbonyl (C=O) groups is 2. The van der Waals surface area contributed by atoms with E-state index >= 15 is 0 Å². The second-order valence-electron chi connectivity index (χ2n) is 9.45. The first-order valence-corrected chi connectivity index (χ1v) is 11.4. The Bertz CT molecular complexity index is 1000. The Balaban J connectivity index is 1.27. The maximum Gasteiger partial charge on any atom is 0.257 e. The second kappa shape index (κ2) is 7.98. The summed E-state index contributed by atoms with van der Waals surface area (Å²) in [6, 6.07) is 10.2. The molecule has 0 radical (unpaired) electrons. The topological polar surface area (TPSA) is 65.5 Å². The Hall–Kier alpha value is -2.89. The molecule has 5 rings (SSSR count). The SMILES string of the molecule is Cc1ccc(NC(=O)c2ccc(N3C[C@H]4C[C@H](C3)[C@H]3CCCC(=O)N3C4)nc2)c(C)c1. The molecule has 3 saturated heterocycles. The Morgan fingerprint density at radius 1 is 1.13 bits per heavy atom. The lowest BCUT2D eigenvalue weighted by Gasteiger charge is -2.52. The van der Waals surface area contributed by atoms with Crippen molar-refractivity contribution in [3.8, 4) is 0 Å². The van der Waals surface area contributed by atoms with Crippen molar-refractivity contribution in [1.82, 2.24) is 9.88 Å². The van der Waals surface area contributed by atoms with Crippen LogP contribution >= 0.6 is 0 Å². The van der Waals surface area contributed by atoms with Gasteiger partial charge in [-0.3, -0.25) is 9.59 Å². The average molecular weight is 419 g/mol. The Labute approximate surface area is 183 Å². The van der Waals surface area contributed by atoms with Crippen molar-refractivity contribution in [2.45, 2.75) is 45.6 Å². The largest absolute Gasteiger partial charge is 0.356 e. The number of aromatic nitrogens is 1. The summed E-state index contributed by atoms with van der Waals surface area (Å²) in [6.45, 7) is 6.78. The zero-order chi connectivity index (χ0) is 21.5. The van der Waals surface area contributed by atoms with Crippen molar-refractivity contribution in [3.05, 3.63) is 53.2 Å². The quantitative estimate of drug-likeness (QED) is 0.824. The molecule has 31 heavy (non-hydrogen) atoms. The van der Waals surface area contributed by atoms with Gasteiger partial charge in [-0.25, -0.2) is 4.98 Å². The van der Waals surface area contributed by atoms with Gasteiger partial charge in [-0.2, -0.15) is 0 Å². The third-order valence-corrected chi connectivity index (χ3v) is 7.14. The predicted octanol–water partition coefficient (Wildman–Crippen LogP) is 3.79. The molecule has 2 bridgehead atoms. The summed E-state index contributed by atoms with van der Waals surface area (Å²) in [5.74, 6) is 2.15. The van der Waals surface area contributed by atoms with Crippen LogP contribution in [0.2, 0.25) is 0 Å². The number of nitrogens with one attached hydrogen (secondary N) is 1. The normalized spacial score (nSPS) is 25.2. The van der Waals surface area contributed by atoms with Crippen molar-refractivity contribution in [3.63, 3.8) is 0 Å². The van der Waals surface area contributed by atoms with Gasteiger partial charge < -0.3 is 15.1 Å². The molecule has 0 spiro atoms. The van der Waals surface area contributed by atoms with E-state index in [1.165, 1.54) is 12.0 Å². The Morgan fingerprint density at radius 3 is 2.77 bits per heavy atom. The maximum absolute atomic E-state index is 12.7. The molecule has 3 aliphatic heterocycles. The first kappa shape index (κ1) is 20.0. The molecule has 0 saturated carbocycles. The lowest BCUT2D eigenvalue weighted by atomic mass is 9.76. The Kier molecular flexibility index (Phi) is 5.16. The standard InChI is InChI=1S/C25H30N4O2/c1-16-6-8-21(17(2)10-16)27-25(31)19-7-9-23(26-12-19)28-13-18-11-20(15-28)22-4-3-5-24(30)29(22)14-18/h6-10,12,18,20,22H,3-5,11,13-15H2,1-2H3,(H,27,31)/t18-,20-,22-/m1/s1. The van der Waals surface area contributed by atoms with Crippen molar-refractivity contribution in [1.29, 1.82) is 0 Å². The zero-order valence-electron chi connectivity index (χ0n) is 18.3. The highest BCUT2D eigenvalue weighted by Crippen LogP contribution is 2.38. The molecule has 3 aliphatic rings. The Morgan fingerprint density at radius 2 is 2.00 bits per heavy atom. The second-order valence-corrected chi connectivity index (χ2v) is 9.45. The smallest absolute Gasteiger partial charge is 0.257 e. The minimum absolute atomic E-state index is 0.141. The van der Waals surface area contributed by atoms with Crippen molar-refractivity contribution in [2.24, 2.45) is 11.8 Å². The van der Waals surface area contributed by atoms with Crippen LogP contribution in [0.25, 0.3) is 0 Å². The van der Waals surface area contributed by atoms with E-state index in [2.05, 4.69) is 26.2 Å². The number of nitrogens with zero attached hydrogens (tertiary/aromatic N) is 3. The van der Waals surface area contributed by atoms with Gasteiger partial charge in [-0.1, -0.05) is 17.7 Å². The molecular formula is C25H30N4O2. The van der Waals surface area contributed by atoms with Crippen LogP contribution in [0.5, 0.6) is 0 Å². The monoisotopic (exact) mass is 418 g/mol. The van der Waals surface area contributed by atoms with E-state index in [0.29, 0.717) is 35.8 Å². The molecule has 0 aliphatic carbocycles. The summed E-state index contributed by atoms with van der Waals surface area (Å²) in [6.07, 6.45) is 5.74. The van der Waals surface area contributed by atoms with Gasteiger partial charge in [0.15, 0.2) is 0 Å². The molecule has 4 heterocycles. The van der Waals surface area contributed by atoms with E-state index in [-0.39, 0.29) is 5.91 Å². The molecular weight excluding hydrogens is 388 g/mol. The molecule has 3 atom stereocenters. The molecule has 3 fully saturated rings. The number of rotatable bonds is 3. The highest BCUT2D eigenvalue weighted by Gasteiger charge is 2.44. The number of fused-ring (bicyclic) bond motifs is 4. The summed E-state index contributed by atoms with van der Waals surface area (Å²) in [5.41, 5.74) is 3.61. The minimum atomic E-state index is -0.141. The molecule has 1 aromatic carbocycles. The number of hydrogen-bond donors (Lipinski definition) is 1. The molecule has 2 aromatic rings. The lowest BCUT2D eigenvalue weighted by molar-refractivity contribution is -0.142. The van der Waals surface area contributed by atoms with E-state index in [9.17, 15) is 9.59 Å². The molecule has 1 N–H and O–H groups in total. The fourth-order valence-electron chi connectivity index (χ4n) is 5.65. The van der Waals surface area contributed by atoms with Crippen LogP contribution in [0.3, 0.4) is 0 Å². The first-order valence-electron chi connectivity index (χ1n) is 11.4. The number of aryl methyl sites for hydroxylation is 2. The number of carbonyl (C=O) groups excluding carboxylic acids is 2. The summed E-state index contributed by atoms with van der Waals surface area (Å²) < 4.78 is 0. The zero-order valence-corrected chi connectivity index (χ0v) is 18.3. The molecule has 162 valence electrons. The summed E-state index contributed by atoms with van der Waals surface area (Å²) in [7, 11) is 0. The molecule has 6 heteroatoms. The van der Waals surface area contributed by atoms with E-state index < -0.39 is 0 Å². The van der Waals surface area contributed by atoms with E-state index in [4.69, 9.17) is 0 Å². The molecule has 2 amide bonds. The van der Waals surface area contributed by atoms with E-state index in [0.717, 1.165) is 49.5 Å². The average Bonchev–Trinajstić information content (AvgIpc) is 2.76. The van der Waals surface area contributed by atoms with Gasteiger partial charge in [0.25, 0.3) is 5.91 Å². The van der Waals surface area contributed by atoms with Gasteiger partial charge in [-0.05, 0) is 68.7 Å².